The molecule has 0 unspecified atom stereocenters. The minimum atomic E-state index is -0.790. The van der Waals surface area contributed by atoms with Crippen LogP contribution in [-0.2, 0) is 20.8 Å². The number of aromatic nitrogens is 2. The van der Waals surface area contributed by atoms with Crippen molar-refractivity contribution in [2.24, 2.45) is 0 Å². The van der Waals surface area contributed by atoms with Crippen LogP contribution in [0, 0.1) is 0 Å². The lowest BCUT2D eigenvalue weighted by Crippen LogP contribution is -2.36. The number of nitrogens with zero attached hydrogens (tertiary/aromatic N) is 3. The van der Waals surface area contributed by atoms with Gasteiger partial charge in [-0.1, -0.05) is 5.16 Å². The number of likely N-dealkylation sites (N-methyl/N-ethyl adjacent to an activating group) is 1. The van der Waals surface area contributed by atoms with Gasteiger partial charge in [0.05, 0.1) is 19.8 Å². The lowest BCUT2D eigenvalue weighted by atomic mass is 10.4. The van der Waals surface area contributed by atoms with E-state index in [1.54, 1.807) is 7.05 Å². The molecule has 82 valence electrons. The molecule has 1 aliphatic heterocycles. The number of hydrogen-bond donors (Lipinski definition) is 0. The quantitative estimate of drug-likeness (QED) is 0.667. The van der Waals surface area contributed by atoms with Crippen molar-refractivity contribution in [1.29, 1.82) is 0 Å². The Kier molecular flexibility index (Phi) is 2.93. The largest absolute Gasteiger partial charge is 0.343 e. The summed E-state index contributed by atoms with van der Waals surface area (Å²) in [6.45, 7) is 1.18. The maximum Gasteiger partial charge on any atom is 0.279 e. The number of carbonyl (C=O) groups is 1. The Labute approximate surface area is 85.9 Å². The number of amides is 1. The van der Waals surface area contributed by atoms with Crippen LogP contribution >= 0.6 is 0 Å². The first kappa shape index (κ1) is 10.1. The first-order chi connectivity index (χ1) is 7.27. The number of carbonyl (C=O) groups excluding carboxylic acids is 1. The summed E-state index contributed by atoms with van der Waals surface area (Å²) < 4.78 is 14.7. The molecule has 2 heterocycles. The molecule has 0 aromatic carbocycles. The molecule has 1 aliphatic rings. The molecule has 7 nitrogen and oxygen atoms in total. The summed E-state index contributed by atoms with van der Waals surface area (Å²) >= 11 is 0. The fourth-order valence-electron chi connectivity index (χ4n) is 1.23. The predicted octanol–water partition coefficient (Wildman–Crippen LogP) is -0.599. The van der Waals surface area contributed by atoms with Crippen LogP contribution in [0.5, 0.6) is 0 Å². The second kappa shape index (κ2) is 4.37. The van der Waals surface area contributed by atoms with E-state index in [1.807, 2.05) is 0 Å². The Morgan fingerprint density at radius 1 is 1.60 bits per heavy atom. The zero-order valence-electron chi connectivity index (χ0n) is 8.25. The van der Waals surface area contributed by atoms with Crippen molar-refractivity contribution in [1.82, 2.24) is 15.0 Å². The Morgan fingerprint density at radius 2 is 2.33 bits per heavy atom. The van der Waals surface area contributed by atoms with Crippen LogP contribution in [0.3, 0.4) is 0 Å². The molecule has 1 fully saturated rings. The molecule has 0 saturated carbocycles. The van der Waals surface area contributed by atoms with Crippen LogP contribution in [0.2, 0.25) is 0 Å². The van der Waals surface area contributed by atoms with Crippen LogP contribution in [0.4, 0.5) is 0 Å². The first-order valence-electron chi connectivity index (χ1n) is 4.51. The molecule has 0 spiro atoms. The molecule has 0 aliphatic carbocycles. The van der Waals surface area contributed by atoms with Crippen molar-refractivity contribution in [3.63, 3.8) is 0 Å². The van der Waals surface area contributed by atoms with E-state index in [1.165, 1.54) is 11.3 Å². The molecule has 1 aromatic heterocycles. The Bertz CT molecular complexity index is 321. The molecular weight excluding hydrogens is 202 g/mol. The monoisotopic (exact) mass is 213 g/mol. The first-order valence-corrected chi connectivity index (χ1v) is 4.51. The van der Waals surface area contributed by atoms with Gasteiger partial charge in [-0.25, -0.2) is 0 Å². The molecule has 1 aromatic rings. The zero-order chi connectivity index (χ0) is 10.7. The highest BCUT2D eigenvalue weighted by atomic mass is 16.7. The van der Waals surface area contributed by atoms with Gasteiger partial charge in [-0.15, -0.1) is 0 Å². The van der Waals surface area contributed by atoms with E-state index in [0.29, 0.717) is 19.0 Å². The average Bonchev–Trinajstić information content (AvgIpc) is 2.88. The maximum absolute atomic E-state index is 11.7. The third-order valence-electron chi connectivity index (χ3n) is 1.99. The van der Waals surface area contributed by atoms with Crippen molar-refractivity contribution < 1.29 is 18.8 Å². The third-order valence-corrected chi connectivity index (χ3v) is 1.99. The minimum absolute atomic E-state index is 0.239. The topological polar surface area (TPSA) is 77.7 Å². The zero-order valence-corrected chi connectivity index (χ0v) is 8.25. The highest BCUT2D eigenvalue weighted by Gasteiger charge is 2.27. The highest BCUT2D eigenvalue weighted by molar-refractivity contribution is 5.79. The number of rotatable bonds is 3. The van der Waals surface area contributed by atoms with Gasteiger partial charge in [-0.05, 0) is 0 Å². The van der Waals surface area contributed by atoms with Crippen molar-refractivity contribution in [3.8, 4) is 0 Å². The Morgan fingerprint density at radius 3 is 2.93 bits per heavy atom. The van der Waals surface area contributed by atoms with E-state index in [4.69, 9.17) is 9.47 Å². The highest BCUT2D eigenvalue weighted by Crippen LogP contribution is 2.08. The molecule has 0 N–H and O–H groups in total. The van der Waals surface area contributed by atoms with Gasteiger partial charge in [0.1, 0.15) is 0 Å². The fourth-order valence-corrected chi connectivity index (χ4v) is 1.23. The maximum atomic E-state index is 11.7. The van der Waals surface area contributed by atoms with Crippen LogP contribution in [0.1, 0.15) is 5.82 Å². The van der Waals surface area contributed by atoms with Gasteiger partial charge < -0.3 is 18.9 Å². The standard InChI is InChI=1S/C8H11N3O4/c1-11(4-6-9-5-15-10-6)7(12)8-13-2-3-14-8/h5,8H,2-4H2,1H3. The molecule has 1 saturated heterocycles. The van der Waals surface area contributed by atoms with Crippen molar-refractivity contribution >= 4 is 5.91 Å². The molecule has 0 atom stereocenters. The molecule has 2 rings (SSSR count). The van der Waals surface area contributed by atoms with E-state index in [-0.39, 0.29) is 12.5 Å². The summed E-state index contributed by atoms with van der Waals surface area (Å²) in [4.78, 5) is 16.9. The van der Waals surface area contributed by atoms with E-state index in [2.05, 4.69) is 14.7 Å². The molecular formula is C8H11N3O4. The van der Waals surface area contributed by atoms with E-state index >= 15 is 0 Å². The second-order valence-corrected chi connectivity index (χ2v) is 3.12. The second-order valence-electron chi connectivity index (χ2n) is 3.12. The fraction of sp³-hybridized carbons (Fsp3) is 0.625. The van der Waals surface area contributed by atoms with Crippen LogP contribution in [-0.4, -0.2) is 47.5 Å². The van der Waals surface area contributed by atoms with Crippen LogP contribution in [0.25, 0.3) is 0 Å². The van der Waals surface area contributed by atoms with Gasteiger partial charge in [0.25, 0.3) is 5.91 Å². The van der Waals surface area contributed by atoms with Gasteiger partial charge in [-0.3, -0.25) is 4.79 Å². The normalized spacial score (nSPS) is 16.9. The summed E-state index contributed by atoms with van der Waals surface area (Å²) in [6, 6.07) is 0. The molecule has 1 amide bonds. The molecule has 15 heavy (non-hydrogen) atoms. The van der Waals surface area contributed by atoms with Gasteiger partial charge in [0.2, 0.25) is 12.7 Å². The number of hydrogen-bond acceptors (Lipinski definition) is 6. The Hall–Kier alpha value is -1.47. The molecule has 0 bridgehead atoms. The van der Waals surface area contributed by atoms with Crippen molar-refractivity contribution in [2.45, 2.75) is 12.8 Å². The minimum Gasteiger partial charge on any atom is -0.343 e. The lowest BCUT2D eigenvalue weighted by molar-refractivity contribution is -0.157. The van der Waals surface area contributed by atoms with E-state index < -0.39 is 6.29 Å². The van der Waals surface area contributed by atoms with Gasteiger partial charge in [-0.2, -0.15) is 4.98 Å². The van der Waals surface area contributed by atoms with E-state index in [9.17, 15) is 4.79 Å². The smallest absolute Gasteiger partial charge is 0.279 e. The predicted molar refractivity (Wildman–Crippen MR) is 46.5 cm³/mol. The molecule has 0 radical (unpaired) electrons. The Balaban J connectivity index is 1.89. The third kappa shape index (κ3) is 2.31. The van der Waals surface area contributed by atoms with Crippen molar-refractivity contribution in [3.05, 3.63) is 12.2 Å². The summed E-state index contributed by atoms with van der Waals surface area (Å²) in [5, 5.41) is 3.60. The SMILES string of the molecule is CN(Cc1ncon1)C(=O)C1OCCO1. The summed E-state index contributed by atoms with van der Waals surface area (Å²) in [5.74, 6) is 0.209. The summed E-state index contributed by atoms with van der Waals surface area (Å²) in [6.07, 6.45) is 0.429. The van der Waals surface area contributed by atoms with Crippen molar-refractivity contribution in [2.75, 3.05) is 20.3 Å². The van der Waals surface area contributed by atoms with Gasteiger partial charge in [0, 0.05) is 7.05 Å². The van der Waals surface area contributed by atoms with Crippen LogP contribution < -0.4 is 0 Å². The lowest BCUT2D eigenvalue weighted by Gasteiger charge is -2.17. The molecule has 7 heteroatoms. The van der Waals surface area contributed by atoms with Crippen LogP contribution in [0.15, 0.2) is 10.9 Å². The average molecular weight is 213 g/mol. The van der Waals surface area contributed by atoms with Gasteiger partial charge in [0.15, 0.2) is 5.82 Å². The summed E-state index contributed by atoms with van der Waals surface area (Å²) in [7, 11) is 1.63. The summed E-state index contributed by atoms with van der Waals surface area (Å²) in [5.41, 5.74) is 0. The van der Waals surface area contributed by atoms with Gasteiger partial charge >= 0.3 is 0 Å². The van der Waals surface area contributed by atoms with E-state index in [0.717, 1.165) is 0 Å². The number of ether oxygens (including phenoxy) is 2.